The molecule has 16 heavy (non-hydrogen) atoms. The third-order valence-electron chi connectivity index (χ3n) is 2.35. The Morgan fingerprint density at radius 3 is 3.00 bits per heavy atom. The molecule has 2 N–H and O–H groups in total. The van der Waals surface area contributed by atoms with Gasteiger partial charge in [0.15, 0.2) is 0 Å². The van der Waals surface area contributed by atoms with Crippen molar-refractivity contribution in [1.29, 1.82) is 0 Å². The van der Waals surface area contributed by atoms with Crippen molar-refractivity contribution in [3.05, 3.63) is 28.4 Å². The van der Waals surface area contributed by atoms with E-state index in [0.29, 0.717) is 12.2 Å². The van der Waals surface area contributed by atoms with Crippen molar-refractivity contribution in [2.45, 2.75) is 32.6 Å². The summed E-state index contributed by atoms with van der Waals surface area (Å²) in [5.74, 6) is -0.246. The first-order chi connectivity index (χ1) is 7.56. The number of nitrogens with zero attached hydrogens (tertiary/aromatic N) is 2. The second-order valence-corrected chi connectivity index (χ2v) is 4.11. The van der Waals surface area contributed by atoms with Crippen molar-refractivity contribution in [3.8, 4) is 0 Å². The lowest BCUT2D eigenvalue weighted by Gasteiger charge is -2.29. The largest absolute Gasteiger partial charge is 0.334 e. The molecule has 1 aliphatic heterocycles. The van der Waals surface area contributed by atoms with E-state index < -0.39 is 5.56 Å². The Balaban J connectivity index is 2.26. The number of hydrogen-bond donors (Lipinski definition) is 2. The van der Waals surface area contributed by atoms with Crippen LogP contribution in [-0.2, 0) is 6.54 Å². The third-order valence-corrected chi connectivity index (χ3v) is 2.35. The number of rotatable bonds is 2. The number of fused-ring (bicyclic) bond motifs is 1. The van der Waals surface area contributed by atoms with Crippen LogP contribution < -0.4 is 16.2 Å². The van der Waals surface area contributed by atoms with Crippen molar-refractivity contribution < 1.29 is 4.79 Å². The molecule has 6 heteroatoms. The average molecular weight is 222 g/mol. The molecule has 1 aromatic heterocycles. The Labute approximate surface area is 92.7 Å². The van der Waals surface area contributed by atoms with E-state index in [4.69, 9.17) is 0 Å². The third kappa shape index (κ3) is 2.11. The first-order valence-electron chi connectivity index (χ1n) is 5.19. The van der Waals surface area contributed by atoms with Gasteiger partial charge in [0.1, 0.15) is 5.69 Å². The van der Waals surface area contributed by atoms with Gasteiger partial charge in [-0.05, 0) is 13.8 Å². The molecule has 1 amide bonds. The normalized spacial score (nSPS) is 19.4. The maximum absolute atomic E-state index is 11.7. The van der Waals surface area contributed by atoms with Gasteiger partial charge in [0.05, 0.1) is 19.0 Å². The van der Waals surface area contributed by atoms with Crippen molar-refractivity contribution in [2.24, 2.45) is 0 Å². The van der Waals surface area contributed by atoms with Crippen LogP contribution in [-0.4, -0.2) is 27.7 Å². The van der Waals surface area contributed by atoms with Gasteiger partial charge in [-0.3, -0.25) is 14.9 Å². The van der Waals surface area contributed by atoms with Crippen LogP contribution in [0.4, 0.5) is 0 Å². The minimum Gasteiger partial charge on any atom is -0.334 e. The summed E-state index contributed by atoms with van der Waals surface area (Å²) in [7, 11) is 0. The smallest absolute Gasteiger partial charge is 0.273 e. The molecule has 2 heterocycles. The summed E-state index contributed by atoms with van der Waals surface area (Å²) in [5, 5.41) is 6.00. The monoisotopic (exact) mass is 222 g/mol. The lowest BCUT2D eigenvalue weighted by atomic mass is 10.2. The summed E-state index contributed by atoms with van der Waals surface area (Å²) in [4.78, 5) is 26.4. The standard InChI is InChI=1S/C10H14N4O2/c1-6(2)12-8-4-14-5-11-9(15)3-7(14)10(16)13-8/h3,5-6,8,12H,4H2,1-2H3,(H,13,16). The van der Waals surface area contributed by atoms with Crippen LogP contribution in [0.2, 0.25) is 0 Å². The molecule has 0 aliphatic carbocycles. The van der Waals surface area contributed by atoms with Gasteiger partial charge in [0, 0.05) is 12.1 Å². The van der Waals surface area contributed by atoms with Crippen molar-refractivity contribution in [1.82, 2.24) is 20.2 Å². The lowest BCUT2D eigenvalue weighted by Crippen LogP contribution is -2.54. The zero-order chi connectivity index (χ0) is 11.7. The zero-order valence-electron chi connectivity index (χ0n) is 9.23. The van der Waals surface area contributed by atoms with Crippen LogP contribution >= 0.6 is 0 Å². The van der Waals surface area contributed by atoms with Gasteiger partial charge >= 0.3 is 0 Å². The molecule has 0 saturated carbocycles. The highest BCUT2D eigenvalue weighted by molar-refractivity contribution is 5.93. The van der Waals surface area contributed by atoms with E-state index in [-0.39, 0.29) is 18.1 Å². The van der Waals surface area contributed by atoms with Crippen LogP contribution in [0.3, 0.4) is 0 Å². The molecule has 6 nitrogen and oxygen atoms in total. The van der Waals surface area contributed by atoms with E-state index >= 15 is 0 Å². The molecule has 2 rings (SSSR count). The van der Waals surface area contributed by atoms with E-state index in [0.717, 1.165) is 0 Å². The molecule has 0 fully saturated rings. The number of carbonyl (C=O) groups is 1. The predicted octanol–water partition coefficient (Wildman–Crippen LogP) is -0.689. The maximum Gasteiger partial charge on any atom is 0.273 e. The summed E-state index contributed by atoms with van der Waals surface area (Å²) < 4.78 is 1.68. The molecule has 0 spiro atoms. The van der Waals surface area contributed by atoms with Crippen LogP contribution in [0.1, 0.15) is 24.3 Å². The number of hydrogen-bond acceptors (Lipinski definition) is 4. The van der Waals surface area contributed by atoms with Crippen molar-refractivity contribution in [2.75, 3.05) is 0 Å². The summed E-state index contributed by atoms with van der Waals surface area (Å²) >= 11 is 0. The lowest BCUT2D eigenvalue weighted by molar-refractivity contribution is 0.0882. The van der Waals surface area contributed by atoms with E-state index in [1.54, 1.807) is 4.57 Å². The van der Waals surface area contributed by atoms with Gasteiger partial charge in [-0.2, -0.15) is 4.98 Å². The predicted molar refractivity (Wildman–Crippen MR) is 58.0 cm³/mol. The van der Waals surface area contributed by atoms with Gasteiger partial charge in [-0.15, -0.1) is 0 Å². The quantitative estimate of drug-likeness (QED) is 0.694. The fourth-order valence-electron chi connectivity index (χ4n) is 1.74. The van der Waals surface area contributed by atoms with Gasteiger partial charge in [-0.1, -0.05) is 0 Å². The Bertz CT molecular complexity index is 466. The zero-order valence-corrected chi connectivity index (χ0v) is 9.23. The molecule has 0 bridgehead atoms. The molecule has 0 radical (unpaired) electrons. The minimum atomic E-state index is -0.392. The van der Waals surface area contributed by atoms with Crippen LogP contribution in [0, 0.1) is 0 Å². The van der Waals surface area contributed by atoms with E-state index in [9.17, 15) is 9.59 Å². The summed E-state index contributed by atoms with van der Waals surface area (Å²) in [5.41, 5.74) is -0.0292. The van der Waals surface area contributed by atoms with E-state index in [1.165, 1.54) is 12.4 Å². The average Bonchev–Trinajstić information content (AvgIpc) is 2.18. The molecule has 0 aromatic carbocycles. The Kier molecular flexibility index (Phi) is 2.74. The molecule has 1 aliphatic rings. The van der Waals surface area contributed by atoms with Crippen LogP contribution in [0.5, 0.6) is 0 Å². The number of nitrogens with one attached hydrogen (secondary N) is 2. The van der Waals surface area contributed by atoms with Gasteiger partial charge in [-0.25, -0.2) is 0 Å². The highest BCUT2D eigenvalue weighted by atomic mass is 16.2. The Morgan fingerprint density at radius 1 is 1.56 bits per heavy atom. The van der Waals surface area contributed by atoms with Crippen LogP contribution in [0.25, 0.3) is 0 Å². The molecule has 1 atom stereocenters. The highest BCUT2D eigenvalue weighted by Gasteiger charge is 2.23. The molecular formula is C10H14N4O2. The van der Waals surface area contributed by atoms with E-state index in [2.05, 4.69) is 15.6 Å². The fourth-order valence-corrected chi connectivity index (χ4v) is 1.74. The van der Waals surface area contributed by atoms with Crippen molar-refractivity contribution >= 4 is 5.91 Å². The molecule has 1 aromatic rings. The van der Waals surface area contributed by atoms with E-state index in [1.807, 2.05) is 13.8 Å². The maximum atomic E-state index is 11.7. The minimum absolute atomic E-state index is 0.121. The van der Waals surface area contributed by atoms with Gasteiger partial charge in [0.25, 0.3) is 11.5 Å². The number of aromatic nitrogens is 2. The number of carbonyl (C=O) groups excluding carboxylic acids is 1. The molecular weight excluding hydrogens is 208 g/mol. The Morgan fingerprint density at radius 2 is 2.31 bits per heavy atom. The topological polar surface area (TPSA) is 76.0 Å². The first-order valence-corrected chi connectivity index (χ1v) is 5.19. The van der Waals surface area contributed by atoms with Crippen LogP contribution in [0.15, 0.2) is 17.2 Å². The SMILES string of the molecule is CC(C)NC1Cn2cnc(=O)cc2C(=O)N1. The van der Waals surface area contributed by atoms with Gasteiger partial charge in [0.2, 0.25) is 0 Å². The van der Waals surface area contributed by atoms with Crippen molar-refractivity contribution in [3.63, 3.8) is 0 Å². The highest BCUT2D eigenvalue weighted by Crippen LogP contribution is 2.04. The molecule has 1 unspecified atom stereocenters. The number of amides is 1. The Hall–Kier alpha value is -1.69. The first kappa shape index (κ1) is 10.8. The van der Waals surface area contributed by atoms with Gasteiger partial charge < -0.3 is 9.88 Å². The second kappa shape index (κ2) is 4.05. The summed E-state index contributed by atoms with van der Waals surface area (Å²) in [6.45, 7) is 4.59. The fraction of sp³-hybridized carbons (Fsp3) is 0.500. The summed E-state index contributed by atoms with van der Waals surface area (Å²) in [6.07, 6.45) is 1.29. The summed E-state index contributed by atoms with van der Waals surface area (Å²) in [6, 6.07) is 1.53. The molecule has 86 valence electrons. The second-order valence-electron chi connectivity index (χ2n) is 4.11. The molecule has 0 saturated heterocycles.